The third-order valence-corrected chi connectivity index (χ3v) is 5.97. The van der Waals surface area contributed by atoms with Crippen LogP contribution >= 0.6 is 22.9 Å². The van der Waals surface area contributed by atoms with Gasteiger partial charge in [-0.05, 0) is 49.8 Å². The molecule has 3 aromatic rings. The lowest BCUT2D eigenvalue weighted by molar-refractivity contribution is -0.129. The highest BCUT2D eigenvalue weighted by molar-refractivity contribution is 7.07. The van der Waals surface area contributed by atoms with Gasteiger partial charge in [0.1, 0.15) is 11.2 Å². The Kier molecular flexibility index (Phi) is 6.93. The molecule has 0 saturated heterocycles. The molecule has 0 bridgehead atoms. The van der Waals surface area contributed by atoms with Gasteiger partial charge in [-0.1, -0.05) is 40.9 Å². The maximum atomic E-state index is 13.1. The van der Waals surface area contributed by atoms with Crippen molar-refractivity contribution in [2.45, 2.75) is 20.4 Å². The normalized spacial score (nSPS) is 12.3. The molecule has 1 aromatic heterocycles. The molecule has 0 radical (unpaired) electrons. The van der Waals surface area contributed by atoms with E-state index in [1.54, 1.807) is 44.4 Å². The molecule has 0 aliphatic carbocycles. The molecule has 31 heavy (non-hydrogen) atoms. The number of halogens is 1. The number of ketones is 1. The maximum Gasteiger partial charge on any atom is 0.269 e. The summed E-state index contributed by atoms with van der Waals surface area (Å²) in [5.41, 5.74) is 3.02. The highest BCUT2D eigenvalue weighted by Crippen LogP contribution is 2.11. The molecule has 0 N–H and O–H groups in total. The number of rotatable bonds is 5. The molecule has 5 nitrogen and oxygen atoms in total. The Morgan fingerprint density at radius 1 is 1.06 bits per heavy atom. The Labute approximate surface area is 189 Å². The first kappa shape index (κ1) is 22.7. The number of amides is 1. The Bertz CT molecular complexity index is 1300. The Morgan fingerprint density at radius 2 is 1.68 bits per heavy atom. The molecule has 0 saturated carbocycles. The van der Waals surface area contributed by atoms with Crippen molar-refractivity contribution in [1.82, 2.24) is 9.47 Å². The first-order valence-corrected chi connectivity index (χ1v) is 10.8. The molecule has 160 valence electrons. The summed E-state index contributed by atoms with van der Waals surface area (Å²) in [5, 5.41) is 0.602. The summed E-state index contributed by atoms with van der Waals surface area (Å²) in [6.07, 6.45) is 3.17. The highest BCUT2D eigenvalue weighted by Gasteiger charge is 2.13. The molecule has 0 unspecified atom stereocenters. The van der Waals surface area contributed by atoms with Crippen LogP contribution in [0.1, 0.15) is 27.0 Å². The van der Waals surface area contributed by atoms with E-state index in [2.05, 4.69) is 0 Å². The van der Waals surface area contributed by atoms with E-state index < -0.39 is 0 Å². The van der Waals surface area contributed by atoms with Crippen molar-refractivity contribution in [2.24, 2.45) is 0 Å². The fourth-order valence-electron chi connectivity index (χ4n) is 3.09. The van der Waals surface area contributed by atoms with Gasteiger partial charge in [-0.15, -0.1) is 11.3 Å². The quantitative estimate of drug-likeness (QED) is 0.557. The minimum Gasteiger partial charge on any atom is -0.347 e. The van der Waals surface area contributed by atoms with Crippen molar-refractivity contribution < 1.29 is 9.59 Å². The minimum absolute atomic E-state index is 0.136. The van der Waals surface area contributed by atoms with Crippen LogP contribution in [0.2, 0.25) is 5.02 Å². The third-order valence-electron chi connectivity index (χ3n) is 4.66. The van der Waals surface area contributed by atoms with E-state index in [1.165, 1.54) is 26.9 Å². The van der Waals surface area contributed by atoms with Crippen LogP contribution in [0.4, 0.5) is 0 Å². The number of nitrogens with zero attached hydrogens (tertiary/aromatic N) is 2. The van der Waals surface area contributed by atoms with Crippen molar-refractivity contribution in [3.8, 4) is 0 Å². The van der Waals surface area contributed by atoms with E-state index in [-0.39, 0.29) is 23.8 Å². The lowest BCUT2D eigenvalue weighted by Crippen LogP contribution is -2.37. The zero-order valence-electron chi connectivity index (χ0n) is 17.8. The smallest absolute Gasteiger partial charge is 0.269 e. The zero-order chi connectivity index (χ0) is 22.7. The topological polar surface area (TPSA) is 59.4 Å². The molecule has 0 aliphatic heterocycles. The number of benzene rings is 2. The number of aryl methyl sites for hydroxylation is 2. The van der Waals surface area contributed by atoms with E-state index in [9.17, 15) is 14.4 Å². The van der Waals surface area contributed by atoms with Gasteiger partial charge in [0.25, 0.3) is 5.56 Å². The average molecular weight is 455 g/mol. The second kappa shape index (κ2) is 9.45. The molecule has 0 spiro atoms. The van der Waals surface area contributed by atoms with E-state index in [1.807, 2.05) is 32.0 Å². The lowest BCUT2D eigenvalue weighted by Gasteiger charge is -2.10. The number of Topliss-reactive ketones (excluding diaryl/α,β-unsaturated/α-hetero) is 1. The van der Waals surface area contributed by atoms with Gasteiger partial charge >= 0.3 is 0 Å². The predicted octanol–water partition coefficient (Wildman–Crippen LogP) is 2.76. The van der Waals surface area contributed by atoms with Crippen LogP contribution in [-0.4, -0.2) is 35.3 Å². The number of carbonyl (C=O) groups excluding carboxylic acids is 2. The summed E-state index contributed by atoms with van der Waals surface area (Å²) in [6, 6.07) is 12.7. The molecule has 0 fully saturated rings. The summed E-state index contributed by atoms with van der Waals surface area (Å²) in [5.74, 6) is -0.441. The van der Waals surface area contributed by atoms with Gasteiger partial charge in [0.05, 0.1) is 4.53 Å². The summed E-state index contributed by atoms with van der Waals surface area (Å²) >= 11 is 7.12. The van der Waals surface area contributed by atoms with Crippen molar-refractivity contribution in [3.63, 3.8) is 0 Å². The van der Waals surface area contributed by atoms with Gasteiger partial charge < -0.3 is 4.90 Å². The summed E-state index contributed by atoms with van der Waals surface area (Å²) in [4.78, 5) is 39.7. The van der Waals surface area contributed by atoms with Crippen LogP contribution in [0.5, 0.6) is 0 Å². The number of hydrogen-bond acceptors (Lipinski definition) is 4. The van der Waals surface area contributed by atoms with Gasteiger partial charge in [-0.3, -0.25) is 19.0 Å². The lowest BCUT2D eigenvalue weighted by atomic mass is 10.0. The highest BCUT2D eigenvalue weighted by atomic mass is 35.5. The number of aromatic nitrogens is 1. The average Bonchev–Trinajstić information content (AvgIpc) is 2.97. The maximum absolute atomic E-state index is 13.1. The Hall–Kier alpha value is -2.96. The van der Waals surface area contributed by atoms with Crippen LogP contribution in [0.15, 0.2) is 47.3 Å². The largest absolute Gasteiger partial charge is 0.347 e. The molecular weight excluding hydrogens is 432 g/mol. The van der Waals surface area contributed by atoms with E-state index in [4.69, 9.17) is 11.6 Å². The van der Waals surface area contributed by atoms with Gasteiger partial charge in [-0.2, -0.15) is 0 Å². The number of likely N-dealkylation sites (N-methyl/N-ethyl adjacent to an activating group) is 1. The van der Waals surface area contributed by atoms with Crippen LogP contribution in [0.3, 0.4) is 0 Å². The standard InChI is InChI=1S/C24H23ClN2O3S/c1-15-9-16(2)11-18(10-15)20(28)13-23-27(14-22(29)26(3)4)24(30)21(31-23)12-17-5-7-19(25)8-6-17/h5-13H,14H2,1-4H3/b21-12+,23-13-. The monoisotopic (exact) mass is 454 g/mol. The molecule has 2 aromatic carbocycles. The van der Waals surface area contributed by atoms with Gasteiger partial charge in [0.2, 0.25) is 5.91 Å². The first-order chi connectivity index (χ1) is 14.6. The zero-order valence-corrected chi connectivity index (χ0v) is 19.4. The van der Waals surface area contributed by atoms with Crippen LogP contribution in [-0.2, 0) is 11.3 Å². The minimum atomic E-state index is -0.311. The fourth-order valence-corrected chi connectivity index (χ4v) is 4.26. The molecule has 0 aliphatic rings. The Balaban J connectivity index is 2.16. The second-order valence-electron chi connectivity index (χ2n) is 7.56. The van der Waals surface area contributed by atoms with Gasteiger partial charge in [-0.25, -0.2) is 0 Å². The van der Waals surface area contributed by atoms with Crippen molar-refractivity contribution >= 4 is 46.8 Å². The van der Waals surface area contributed by atoms with E-state index in [0.29, 0.717) is 19.8 Å². The molecular formula is C24H23ClN2O3S. The Morgan fingerprint density at radius 3 is 2.26 bits per heavy atom. The summed E-state index contributed by atoms with van der Waals surface area (Å²) in [7, 11) is 3.26. The van der Waals surface area contributed by atoms with Crippen molar-refractivity contribution in [3.05, 3.63) is 89.3 Å². The van der Waals surface area contributed by atoms with Gasteiger partial charge in [0.15, 0.2) is 5.78 Å². The summed E-state index contributed by atoms with van der Waals surface area (Å²) < 4.78 is 2.23. The van der Waals surface area contributed by atoms with Crippen molar-refractivity contribution in [2.75, 3.05) is 14.1 Å². The molecule has 3 rings (SSSR count). The molecule has 0 atom stereocenters. The number of carbonyl (C=O) groups is 2. The number of thiazole rings is 1. The van der Waals surface area contributed by atoms with E-state index in [0.717, 1.165) is 16.7 Å². The van der Waals surface area contributed by atoms with Gasteiger partial charge in [0, 0.05) is 30.8 Å². The number of hydrogen-bond donors (Lipinski definition) is 0. The van der Waals surface area contributed by atoms with Crippen LogP contribution in [0.25, 0.3) is 12.2 Å². The molecule has 1 heterocycles. The van der Waals surface area contributed by atoms with Crippen LogP contribution < -0.4 is 14.8 Å². The second-order valence-corrected chi connectivity index (χ2v) is 9.06. The molecule has 7 heteroatoms. The summed E-state index contributed by atoms with van der Waals surface area (Å²) in [6.45, 7) is 3.72. The SMILES string of the molecule is Cc1cc(C)cc(C(=O)/C=c2\s/c(=C/c3ccc(Cl)cc3)c(=O)n2CC(=O)N(C)C)c1. The predicted molar refractivity (Wildman–Crippen MR) is 126 cm³/mol. The molecule has 1 amide bonds. The van der Waals surface area contributed by atoms with E-state index >= 15 is 0 Å². The third kappa shape index (κ3) is 5.60. The van der Waals surface area contributed by atoms with Crippen LogP contribution in [0, 0.1) is 13.8 Å². The first-order valence-electron chi connectivity index (χ1n) is 9.65. The van der Waals surface area contributed by atoms with Crippen molar-refractivity contribution in [1.29, 1.82) is 0 Å². The fraction of sp³-hybridized carbons (Fsp3) is 0.208.